The second-order valence-corrected chi connectivity index (χ2v) is 5.04. The highest BCUT2D eigenvalue weighted by Gasteiger charge is 2.15. The molecule has 1 aromatic carbocycles. The van der Waals surface area contributed by atoms with Crippen LogP contribution < -0.4 is 5.73 Å². The zero-order chi connectivity index (χ0) is 13.7. The van der Waals surface area contributed by atoms with Gasteiger partial charge in [-0.05, 0) is 25.5 Å². The lowest BCUT2D eigenvalue weighted by atomic mass is 10.0. The first-order valence-electron chi connectivity index (χ1n) is 6.23. The van der Waals surface area contributed by atoms with Crippen LogP contribution in [0.3, 0.4) is 0 Å². The van der Waals surface area contributed by atoms with Gasteiger partial charge in [-0.2, -0.15) is 0 Å². The van der Waals surface area contributed by atoms with Crippen LogP contribution in [-0.4, -0.2) is 29.0 Å². The van der Waals surface area contributed by atoms with Gasteiger partial charge in [-0.15, -0.1) is 0 Å². The summed E-state index contributed by atoms with van der Waals surface area (Å²) in [7, 11) is 2.09. The zero-order valence-electron chi connectivity index (χ0n) is 11.6. The van der Waals surface area contributed by atoms with Crippen molar-refractivity contribution >= 4 is 5.84 Å². The van der Waals surface area contributed by atoms with Gasteiger partial charge in [0.05, 0.1) is 0 Å². The van der Waals surface area contributed by atoms with Crippen LogP contribution in [0.5, 0.6) is 0 Å². The molecule has 4 heteroatoms. The van der Waals surface area contributed by atoms with Gasteiger partial charge in [0.1, 0.15) is 0 Å². The summed E-state index contributed by atoms with van der Waals surface area (Å²) in [6.07, 6.45) is 0. The summed E-state index contributed by atoms with van der Waals surface area (Å²) in [6, 6.07) is 8.22. The van der Waals surface area contributed by atoms with Gasteiger partial charge in [-0.3, -0.25) is 4.90 Å². The monoisotopic (exact) mass is 249 g/mol. The van der Waals surface area contributed by atoms with E-state index in [0.717, 1.165) is 17.7 Å². The SMILES string of the molecule is CC(C)C(C)N(C)Cc1ccccc1/C(N)=N/O. The average Bonchev–Trinajstić information content (AvgIpc) is 2.37. The molecule has 100 valence electrons. The standard InChI is InChI=1S/C14H23N3O/c1-10(2)11(3)17(4)9-12-7-5-6-8-13(12)14(15)16-18/h5-8,10-11,18H,9H2,1-4H3,(H2,15,16). The fraction of sp³-hybridized carbons (Fsp3) is 0.500. The van der Waals surface area contributed by atoms with Crippen molar-refractivity contribution in [2.45, 2.75) is 33.4 Å². The fourth-order valence-corrected chi connectivity index (χ4v) is 1.88. The summed E-state index contributed by atoms with van der Waals surface area (Å²) in [4.78, 5) is 2.27. The van der Waals surface area contributed by atoms with Gasteiger partial charge < -0.3 is 10.9 Å². The third-order valence-electron chi connectivity index (χ3n) is 3.48. The van der Waals surface area contributed by atoms with E-state index in [9.17, 15) is 0 Å². The molecule has 0 fully saturated rings. The van der Waals surface area contributed by atoms with E-state index in [1.54, 1.807) is 0 Å². The van der Waals surface area contributed by atoms with Gasteiger partial charge in [0.25, 0.3) is 0 Å². The lowest BCUT2D eigenvalue weighted by Crippen LogP contribution is -2.33. The van der Waals surface area contributed by atoms with E-state index in [4.69, 9.17) is 10.9 Å². The molecular formula is C14H23N3O. The smallest absolute Gasteiger partial charge is 0.170 e. The third kappa shape index (κ3) is 3.47. The molecule has 0 aromatic heterocycles. The second-order valence-electron chi connectivity index (χ2n) is 5.04. The molecular weight excluding hydrogens is 226 g/mol. The van der Waals surface area contributed by atoms with E-state index >= 15 is 0 Å². The molecule has 0 aliphatic heterocycles. The molecule has 0 aliphatic rings. The highest BCUT2D eigenvalue weighted by atomic mass is 16.4. The lowest BCUT2D eigenvalue weighted by Gasteiger charge is -2.28. The first-order valence-corrected chi connectivity index (χ1v) is 6.23. The lowest BCUT2D eigenvalue weighted by molar-refractivity contribution is 0.200. The Hall–Kier alpha value is -1.55. The minimum absolute atomic E-state index is 0.163. The van der Waals surface area contributed by atoms with E-state index in [-0.39, 0.29) is 5.84 Å². The van der Waals surface area contributed by atoms with Crippen LogP contribution in [-0.2, 0) is 6.54 Å². The molecule has 0 bridgehead atoms. The van der Waals surface area contributed by atoms with E-state index in [1.807, 2.05) is 24.3 Å². The van der Waals surface area contributed by atoms with E-state index in [0.29, 0.717) is 12.0 Å². The largest absolute Gasteiger partial charge is 0.409 e. The predicted molar refractivity (Wildman–Crippen MR) is 74.7 cm³/mol. The number of amidine groups is 1. The Bertz CT molecular complexity index is 415. The summed E-state index contributed by atoms with van der Waals surface area (Å²) in [6.45, 7) is 7.40. The van der Waals surface area contributed by atoms with Crippen LogP contribution in [0, 0.1) is 5.92 Å². The van der Waals surface area contributed by atoms with Crippen molar-refractivity contribution in [1.82, 2.24) is 4.90 Å². The quantitative estimate of drug-likeness (QED) is 0.364. The highest BCUT2D eigenvalue weighted by Crippen LogP contribution is 2.15. The number of nitrogens with zero attached hydrogens (tertiary/aromatic N) is 2. The van der Waals surface area contributed by atoms with E-state index in [2.05, 4.69) is 37.9 Å². The van der Waals surface area contributed by atoms with Gasteiger partial charge >= 0.3 is 0 Å². The summed E-state index contributed by atoms with van der Waals surface area (Å²) >= 11 is 0. The van der Waals surface area contributed by atoms with Gasteiger partial charge in [-0.1, -0.05) is 43.3 Å². The Balaban J connectivity index is 2.91. The molecule has 0 spiro atoms. The van der Waals surface area contributed by atoms with Crippen LogP contribution in [0.15, 0.2) is 29.4 Å². The average molecular weight is 249 g/mol. The molecule has 1 unspecified atom stereocenters. The predicted octanol–water partition coefficient (Wildman–Crippen LogP) is 2.26. The molecule has 0 heterocycles. The molecule has 18 heavy (non-hydrogen) atoms. The normalized spacial score (nSPS) is 14.2. The zero-order valence-corrected chi connectivity index (χ0v) is 11.6. The number of oxime groups is 1. The maximum absolute atomic E-state index is 8.79. The van der Waals surface area contributed by atoms with Crippen molar-refractivity contribution in [3.8, 4) is 0 Å². The highest BCUT2D eigenvalue weighted by molar-refractivity contribution is 5.98. The maximum atomic E-state index is 8.79. The van der Waals surface area contributed by atoms with E-state index < -0.39 is 0 Å². The Morgan fingerprint density at radius 2 is 1.94 bits per heavy atom. The Labute approximate surface area is 109 Å². The first-order chi connectivity index (χ1) is 8.47. The third-order valence-corrected chi connectivity index (χ3v) is 3.48. The number of benzene rings is 1. The van der Waals surface area contributed by atoms with Gasteiger partial charge in [0.2, 0.25) is 0 Å². The van der Waals surface area contributed by atoms with Gasteiger partial charge in [0.15, 0.2) is 5.84 Å². The number of hydrogen-bond donors (Lipinski definition) is 2. The molecule has 0 aliphatic carbocycles. The molecule has 3 N–H and O–H groups in total. The van der Waals surface area contributed by atoms with Crippen molar-refractivity contribution < 1.29 is 5.21 Å². The van der Waals surface area contributed by atoms with Crippen LogP contribution in [0.2, 0.25) is 0 Å². The maximum Gasteiger partial charge on any atom is 0.170 e. The van der Waals surface area contributed by atoms with Crippen LogP contribution in [0.25, 0.3) is 0 Å². The summed E-state index contributed by atoms with van der Waals surface area (Å²) in [5, 5.41) is 11.9. The summed E-state index contributed by atoms with van der Waals surface area (Å²) in [5.41, 5.74) is 7.55. The minimum atomic E-state index is 0.163. The molecule has 4 nitrogen and oxygen atoms in total. The summed E-state index contributed by atoms with van der Waals surface area (Å²) < 4.78 is 0. The van der Waals surface area contributed by atoms with Crippen LogP contribution in [0.4, 0.5) is 0 Å². The van der Waals surface area contributed by atoms with Crippen molar-refractivity contribution in [3.05, 3.63) is 35.4 Å². The van der Waals surface area contributed by atoms with Crippen LogP contribution >= 0.6 is 0 Å². The fourth-order valence-electron chi connectivity index (χ4n) is 1.88. The van der Waals surface area contributed by atoms with Gasteiger partial charge in [-0.25, -0.2) is 0 Å². The number of nitrogens with two attached hydrogens (primary N) is 1. The second kappa shape index (κ2) is 6.40. The Morgan fingerprint density at radius 1 is 1.33 bits per heavy atom. The Morgan fingerprint density at radius 3 is 2.50 bits per heavy atom. The molecule has 1 rings (SSSR count). The van der Waals surface area contributed by atoms with Crippen molar-refractivity contribution in [2.24, 2.45) is 16.8 Å². The van der Waals surface area contributed by atoms with Gasteiger partial charge in [0, 0.05) is 18.2 Å². The molecule has 0 radical (unpaired) electrons. The minimum Gasteiger partial charge on any atom is -0.409 e. The van der Waals surface area contributed by atoms with Crippen molar-refractivity contribution in [1.29, 1.82) is 0 Å². The topological polar surface area (TPSA) is 61.8 Å². The molecule has 0 saturated carbocycles. The number of rotatable bonds is 5. The molecule has 1 aromatic rings. The number of hydrogen-bond acceptors (Lipinski definition) is 3. The Kier molecular flexibility index (Phi) is 5.16. The van der Waals surface area contributed by atoms with Crippen LogP contribution in [0.1, 0.15) is 31.9 Å². The van der Waals surface area contributed by atoms with E-state index in [1.165, 1.54) is 0 Å². The molecule has 1 atom stereocenters. The van der Waals surface area contributed by atoms with Crippen molar-refractivity contribution in [3.63, 3.8) is 0 Å². The first kappa shape index (κ1) is 14.5. The molecule has 0 saturated heterocycles. The summed E-state index contributed by atoms with van der Waals surface area (Å²) in [5.74, 6) is 0.752. The molecule has 0 amide bonds. The van der Waals surface area contributed by atoms with Crippen molar-refractivity contribution in [2.75, 3.05) is 7.05 Å².